The van der Waals surface area contributed by atoms with Crippen LogP contribution in [0.25, 0.3) is 0 Å². The summed E-state index contributed by atoms with van der Waals surface area (Å²) in [6.45, 7) is 10.9. The van der Waals surface area contributed by atoms with Gasteiger partial charge in [0.2, 0.25) is 0 Å². The van der Waals surface area contributed by atoms with E-state index < -0.39 is 0 Å². The predicted octanol–water partition coefficient (Wildman–Crippen LogP) is 2.59. The van der Waals surface area contributed by atoms with E-state index in [0.717, 1.165) is 31.3 Å². The molecule has 0 radical (unpaired) electrons. The van der Waals surface area contributed by atoms with Crippen LogP contribution < -0.4 is 10.6 Å². The van der Waals surface area contributed by atoms with Gasteiger partial charge in [0.15, 0.2) is 5.96 Å². The quantitative estimate of drug-likeness (QED) is 0.572. The third-order valence-corrected chi connectivity index (χ3v) is 4.41. The number of aromatic nitrogens is 3. The van der Waals surface area contributed by atoms with Gasteiger partial charge in [0.25, 0.3) is 0 Å². The van der Waals surface area contributed by atoms with Gasteiger partial charge in [-0.15, -0.1) is 10.2 Å². The summed E-state index contributed by atoms with van der Waals surface area (Å²) in [6, 6.07) is 10.8. The number of benzene rings is 1. The fraction of sp³-hybridized carbons (Fsp3) is 0.526. The first-order chi connectivity index (χ1) is 12.2. The largest absolute Gasteiger partial charge is 0.357 e. The van der Waals surface area contributed by atoms with Crippen molar-refractivity contribution in [1.29, 1.82) is 0 Å². The number of aliphatic imine (C=N–C) groups is 1. The molecule has 1 heterocycles. The standard InChI is InChI=1S/C19H30N6/c1-5-18-24-22-14-25(18)13-12-21-19(20-6-2)23-16(4)15(3)17-10-8-7-9-11-17/h7-11,14-16H,5-6,12-13H2,1-4H3,(H2,20,21,23). The van der Waals surface area contributed by atoms with E-state index in [1.165, 1.54) is 5.56 Å². The Morgan fingerprint density at radius 2 is 1.96 bits per heavy atom. The first-order valence-corrected chi connectivity index (χ1v) is 9.12. The molecule has 0 aliphatic heterocycles. The number of nitrogens with one attached hydrogen (secondary N) is 2. The van der Waals surface area contributed by atoms with Crippen molar-refractivity contribution in [1.82, 2.24) is 25.4 Å². The van der Waals surface area contributed by atoms with Gasteiger partial charge in [0.1, 0.15) is 12.2 Å². The van der Waals surface area contributed by atoms with Gasteiger partial charge in [-0.05, 0) is 19.4 Å². The summed E-state index contributed by atoms with van der Waals surface area (Å²) in [4.78, 5) is 4.70. The van der Waals surface area contributed by atoms with Crippen molar-refractivity contribution in [3.63, 3.8) is 0 Å². The summed E-state index contributed by atoms with van der Waals surface area (Å²) >= 11 is 0. The summed E-state index contributed by atoms with van der Waals surface area (Å²) in [5.41, 5.74) is 1.33. The Morgan fingerprint density at radius 1 is 1.20 bits per heavy atom. The zero-order chi connectivity index (χ0) is 18.1. The van der Waals surface area contributed by atoms with Crippen LogP contribution in [0.15, 0.2) is 41.7 Å². The number of nitrogens with zero attached hydrogens (tertiary/aromatic N) is 4. The second-order valence-corrected chi connectivity index (χ2v) is 6.19. The van der Waals surface area contributed by atoms with Crippen molar-refractivity contribution >= 4 is 5.96 Å². The average Bonchev–Trinajstić information content (AvgIpc) is 3.09. The highest BCUT2D eigenvalue weighted by molar-refractivity contribution is 5.80. The molecule has 6 heteroatoms. The third-order valence-electron chi connectivity index (χ3n) is 4.41. The van der Waals surface area contributed by atoms with Gasteiger partial charge in [-0.3, -0.25) is 4.99 Å². The minimum atomic E-state index is 0.279. The lowest BCUT2D eigenvalue weighted by Crippen LogP contribution is -2.44. The highest BCUT2D eigenvalue weighted by atomic mass is 15.3. The molecule has 0 fully saturated rings. The molecule has 0 aliphatic rings. The average molecular weight is 342 g/mol. The lowest BCUT2D eigenvalue weighted by Gasteiger charge is -2.24. The van der Waals surface area contributed by atoms with Crippen molar-refractivity contribution in [3.05, 3.63) is 48.0 Å². The van der Waals surface area contributed by atoms with Crippen molar-refractivity contribution in [2.75, 3.05) is 13.1 Å². The molecular formula is C19H30N6. The molecule has 2 aromatic rings. The van der Waals surface area contributed by atoms with E-state index in [1.807, 2.05) is 0 Å². The van der Waals surface area contributed by atoms with Gasteiger partial charge in [-0.25, -0.2) is 0 Å². The number of rotatable bonds is 8. The highest BCUT2D eigenvalue weighted by Gasteiger charge is 2.15. The van der Waals surface area contributed by atoms with Crippen LogP contribution in [0.4, 0.5) is 0 Å². The van der Waals surface area contributed by atoms with Gasteiger partial charge < -0.3 is 15.2 Å². The van der Waals surface area contributed by atoms with E-state index in [0.29, 0.717) is 12.5 Å². The summed E-state index contributed by atoms with van der Waals surface area (Å²) in [5, 5.41) is 14.9. The van der Waals surface area contributed by atoms with Crippen LogP contribution in [0.3, 0.4) is 0 Å². The molecule has 25 heavy (non-hydrogen) atoms. The molecule has 1 aromatic heterocycles. The van der Waals surface area contributed by atoms with Crippen LogP contribution in [-0.2, 0) is 13.0 Å². The molecule has 2 N–H and O–H groups in total. The first-order valence-electron chi connectivity index (χ1n) is 9.12. The van der Waals surface area contributed by atoms with Crippen LogP contribution in [0.1, 0.15) is 45.0 Å². The van der Waals surface area contributed by atoms with Crippen molar-refractivity contribution in [3.8, 4) is 0 Å². The summed E-state index contributed by atoms with van der Waals surface area (Å²) in [6.07, 6.45) is 2.66. The molecule has 1 aromatic carbocycles. The van der Waals surface area contributed by atoms with E-state index >= 15 is 0 Å². The Hall–Kier alpha value is -2.37. The Kier molecular flexibility index (Phi) is 7.44. The third kappa shape index (κ3) is 5.59. The molecular weight excluding hydrogens is 312 g/mol. The zero-order valence-electron chi connectivity index (χ0n) is 15.7. The van der Waals surface area contributed by atoms with Gasteiger partial charge in [0.05, 0.1) is 6.54 Å². The normalized spacial score (nSPS) is 14.2. The minimum absolute atomic E-state index is 0.279. The molecule has 2 atom stereocenters. The predicted molar refractivity (Wildman–Crippen MR) is 103 cm³/mol. The van der Waals surface area contributed by atoms with Crippen LogP contribution in [-0.4, -0.2) is 39.9 Å². The second-order valence-electron chi connectivity index (χ2n) is 6.19. The molecule has 0 saturated heterocycles. The molecule has 2 unspecified atom stereocenters. The van der Waals surface area contributed by atoms with E-state index in [-0.39, 0.29) is 6.04 Å². The first kappa shape index (κ1) is 19.0. The molecule has 0 amide bonds. The van der Waals surface area contributed by atoms with Crippen LogP contribution in [0, 0.1) is 0 Å². The van der Waals surface area contributed by atoms with E-state index in [9.17, 15) is 0 Å². The number of guanidine groups is 1. The van der Waals surface area contributed by atoms with Crippen molar-refractivity contribution < 1.29 is 0 Å². The van der Waals surface area contributed by atoms with Gasteiger partial charge in [-0.1, -0.05) is 44.2 Å². The highest BCUT2D eigenvalue weighted by Crippen LogP contribution is 2.18. The fourth-order valence-electron chi connectivity index (χ4n) is 2.71. The number of hydrogen-bond donors (Lipinski definition) is 2. The number of hydrogen-bond acceptors (Lipinski definition) is 3. The Morgan fingerprint density at radius 3 is 2.64 bits per heavy atom. The number of aryl methyl sites for hydroxylation is 1. The van der Waals surface area contributed by atoms with Gasteiger partial charge >= 0.3 is 0 Å². The van der Waals surface area contributed by atoms with Gasteiger partial charge in [0, 0.05) is 31.5 Å². The summed E-state index contributed by atoms with van der Waals surface area (Å²) < 4.78 is 2.06. The molecule has 0 spiro atoms. The molecule has 136 valence electrons. The van der Waals surface area contributed by atoms with Crippen molar-refractivity contribution in [2.45, 2.75) is 52.6 Å². The molecule has 6 nitrogen and oxygen atoms in total. The monoisotopic (exact) mass is 342 g/mol. The topological polar surface area (TPSA) is 67.1 Å². The smallest absolute Gasteiger partial charge is 0.191 e. The maximum absolute atomic E-state index is 4.70. The Bertz CT molecular complexity index is 649. The molecule has 0 saturated carbocycles. The van der Waals surface area contributed by atoms with Gasteiger partial charge in [-0.2, -0.15) is 0 Å². The van der Waals surface area contributed by atoms with Crippen LogP contribution in [0.2, 0.25) is 0 Å². The van der Waals surface area contributed by atoms with E-state index in [1.54, 1.807) is 6.33 Å². The summed E-state index contributed by atoms with van der Waals surface area (Å²) in [7, 11) is 0. The molecule has 0 bridgehead atoms. The lowest BCUT2D eigenvalue weighted by atomic mass is 9.94. The Labute approximate surface area is 150 Å². The SMILES string of the molecule is CCNC(=NCCn1cnnc1CC)NC(C)C(C)c1ccccc1. The van der Waals surface area contributed by atoms with Crippen LogP contribution in [0.5, 0.6) is 0 Å². The molecule has 2 rings (SSSR count). The molecule has 0 aliphatic carbocycles. The van der Waals surface area contributed by atoms with Crippen molar-refractivity contribution in [2.24, 2.45) is 4.99 Å². The van der Waals surface area contributed by atoms with Crippen LogP contribution >= 0.6 is 0 Å². The fourth-order valence-corrected chi connectivity index (χ4v) is 2.71. The lowest BCUT2D eigenvalue weighted by molar-refractivity contribution is 0.549. The zero-order valence-corrected chi connectivity index (χ0v) is 15.7. The van der Waals surface area contributed by atoms with E-state index in [4.69, 9.17) is 4.99 Å². The summed E-state index contributed by atoms with van der Waals surface area (Å²) in [5.74, 6) is 2.25. The second kappa shape index (κ2) is 9.81. The minimum Gasteiger partial charge on any atom is -0.357 e. The van der Waals surface area contributed by atoms with E-state index in [2.05, 4.69) is 83.4 Å². The maximum atomic E-state index is 4.70. The maximum Gasteiger partial charge on any atom is 0.191 e. The Balaban J connectivity index is 1.94.